The SMILES string of the molecule is O=S(=O)(NCc1ccccc1Cn1cccn1)c1ccccc1Cl. The van der Waals surface area contributed by atoms with Crippen LogP contribution in [0, 0.1) is 0 Å². The predicted octanol–water partition coefficient (Wildman–Crippen LogP) is 3.06. The van der Waals surface area contributed by atoms with Gasteiger partial charge in [0.15, 0.2) is 0 Å². The first-order chi connectivity index (χ1) is 11.6. The van der Waals surface area contributed by atoms with Gasteiger partial charge in [0.25, 0.3) is 0 Å². The van der Waals surface area contributed by atoms with Crippen LogP contribution in [0.3, 0.4) is 0 Å². The summed E-state index contributed by atoms with van der Waals surface area (Å²) in [6.07, 6.45) is 3.58. The maximum atomic E-state index is 12.4. The number of nitrogens with zero attached hydrogens (tertiary/aromatic N) is 2. The van der Waals surface area contributed by atoms with Gasteiger partial charge in [0.1, 0.15) is 4.90 Å². The molecule has 0 saturated heterocycles. The summed E-state index contributed by atoms with van der Waals surface area (Å²) in [6.45, 7) is 0.766. The smallest absolute Gasteiger partial charge is 0.242 e. The second kappa shape index (κ2) is 7.17. The molecule has 0 atom stereocenters. The molecule has 1 aromatic heterocycles. The van der Waals surface area contributed by atoms with E-state index in [1.54, 1.807) is 29.1 Å². The number of benzene rings is 2. The summed E-state index contributed by atoms with van der Waals surface area (Å²) in [6, 6.07) is 15.9. The van der Waals surface area contributed by atoms with Crippen LogP contribution in [-0.2, 0) is 23.1 Å². The summed E-state index contributed by atoms with van der Waals surface area (Å²) in [5, 5.41) is 4.38. The lowest BCUT2D eigenvalue weighted by atomic mass is 10.1. The normalized spacial score (nSPS) is 11.5. The zero-order valence-electron chi connectivity index (χ0n) is 12.8. The molecule has 1 heterocycles. The average Bonchev–Trinajstić information content (AvgIpc) is 3.07. The molecule has 0 aliphatic carbocycles. The maximum absolute atomic E-state index is 12.4. The maximum Gasteiger partial charge on any atom is 0.242 e. The molecule has 0 saturated carbocycles. The quantitative estimate of drug-likeness (QED) is 0.733. The van der Waals surface area contributed by atoms with Crippen molar-refractivity contribution in [3.8, 4) is 0 Å². The Hall–Kier alpha value is -2.15. The third-order valence-corrected chi connectivity index (χ3v) is 5.49. The van der Waals surface area contributed by atoms with Gasteiger partial charge in [-0.15, -0.1) is 0 Å². The zero-order chi connectivity index (χ0) is 17.0. The van der Waals surface area contributed by atoms with E-state index in [9.17, 15) is 8.42 Å². The lowest BCUT2D eigenvalue weighted by molar-refractivity contribution is 0.580. The predicted molar refractivity (Wildman–Crippen MR) is 93.2 cm³/mol. The van der Waals surface area contributed by atoms with Crippen molar-refractivity contribution in [2.45, 2.75) is 18.0 Å². The number of aromatic nitrogens is 2. The first-order valence-electron chi connectivity index (χ1n) is 7.35. The Morgan fingerprint density at radius 3 is 2.42 bits per heavy atom. The Labute approximate surface area is 145 Å². The lowest BCUT2D eigenvalue weighted by Gasteiger charge is -2.12. The van der Waals surface area contributed by atoms with Crippen LogP contribution in [0.5, 0.6) is 0 Å². The van der Waals surface area contributed by atoms with E-state index in [1.807, 2.05) is 36.5 Å². The van der Waals surface area contributed by atoms with Crippen LogP contribution in [0.15, 0.2) is 71.9 Å². The third-order valence-electron chi connectivity index (χ3n) is 3.59. The monoisotopic (exact) mass is 361 g/mol. The Kier molecular flexibility index (Phi) is 4.99. The third kappa shape index (κ3) is 3.84. The van der Waals surface area contributed by atoms with Crippen molar-refractivity contribution in [3.63, 3.8) is 0 Å². The summed E-state index contributed by atoms with van der Waals surface area (Å²) < 4.78 is 29.3. The molecule has 2 aromatic carbocycles. The van der Waals surface area contributed by atoms with Crippen molar-refractivity contribution in [3.05, 3.63) is 83.1 Å². The first-order valence-corrected chi connectivity index (χ1v) is 9.21. The van der Waals surface area contributed by atoms with Gasteiger partial charge in [-0.3, -0.25) is 4.68 Å². The molecule has 5 nitrogen and oxygen atoms in total. The lowest BCUT2D eigenvalue weighted by Crippen LogP contribution is -2.24. The van der Waals surface area contributed by atoms with Gasteiger partial charge in [0.05, 0.1) is 11.6 Å². The molecule has 0 fully saturated rings. The van der Waals surface area contributed by atoms with Crippen molar-refractivity contribution in [1.29, 1.82) is 0 Å². The van der Waals surface area contributed by atoms with Crippen molar-refractivity contribution in [2.24, 2.45) is 0 Å². The summed E-state index contributed by atoms with van der Waals surface area (Å²) >= 11 is 5.99. The fraction of sp³-hybridized carbons (Fsp3) is 0.118. The van der Waals surface area contributed by atoms with Gasteiger partial charge in [-0.25, -0.2) is 13.1 Å². The van der Waals surface area contributed by atoms with E-state index in [0.717, 1.165) is 11.1 Å². The van der Waals surface area contributed by atoms with Crippen molar-refractivity contribution < 1.29 is 8.42 Å². The molecule has 3 rings (SSSR count). The Bertz CT molecular complexity index is 925. The van der Waals surface area contributed by atoms with Gasteiger partial charge >= 0.3 is 0 Å². The minimum Gasteiger partial charge on any atom is -0.268 e. The molecule has 7 heteroatoms. The van der Waals surface area contributed by atoms with E-state index >= 15 is 0 Å². The molecule has 0 bridgehead atoms. The van der Waals surface area contributed by atoms with Gasteiger partial charge < -0.3 is 0 Å². The molecule has 0 aliphatic rings. The summed E-state index contributed by atoms with van der Waals surface area (Å²) in [5.74, 6) is 0. The van der Waals surface area contributed by atoms with Crippen LogP contribution >= 0.6 is 11.6 Å². The minimum absolute atomic E-state index is 0.0798. The number of hydrogen-bond donors (Lipinski definition) is 1. The van der Waals surface area contributed by atoms with E-state index in [0.29, 0.717) is 6.54 Å². The molecular formula is C17H16ClN3O2S. The highest BCUT2D eigenvalue weighted by Crippen LogP contribution is 2.20. The number of rotatable bonds is 6. The minimum atomic E-state index is -3.67. The molecule has 0 aliphatic heterocycles. The van der Waals surface area contributed by atoms with Crippen LogP contribution in [0.25, 0.3) is 0 Å². The Balaban J connectivity index is 1.79. The van der Waals surface area contributed by atoms with Gasteiger partial charge in [0.2, 0.25) is 10.0 Å². The van der Waals surface area contributed by atoms with E-state index in [2.05, 4.69) is 9.82 Å². The molecule has 0 spiro atoms. The average molecular weight is 362 g/mol. The first kappa shape index (κ1) is 16.7. The summed E-state index contributed by atoms with van der Waals surface area (Å²) in [7, 11) is -3.67. The number of nitrogens with one attached hydrogen (secondary N) is 1. The van der Waals surface area contributed by atoms with Crippen LogP contribution < -0.4 is 4.72 Å². The zero-order valence-corrected chi connectivity index (χ0v) is 14.3. The van der Waals surface area contributed by atoms with Crippen LogP contribution in [0.2, 0.25) is 5.02 Å². The molecular weight excluding hydrogens is 346 g/mol. The fourth-order valence-electron chi connectivity index (χ4n) is 2.37. The van der Waals surface area contributed by atoms with E-state index in [4.69, 9.17) is 11.6 Å². The van der Waals surface area contributed by atoms with Crippen LogP contribution in [0.1, 0.15) is 11.1 Å². The number of halogens is 1. The molecule has 0 amide bonds. The van der Waals surface area contributed by atoms with Gasteiger partial charge in [0, 0.05) is 18.9 Å². The van der Waals surface area contributed by atoms with Crippen molar-refractivity contribution in [2.75, 3.05) is 0 Å². The van der Waals surface area contributed by atoms with Gasteiger partial charge in [-0.2, -0.15) is 5.10 Å². The topological polar surface area (TPSA) is 64.0 Å². The Morgan fingerprint density at radius 1 is 1.00 bits per heavy atom. The molecule has 3 aromatic rings. The van der Waals surface area contributed by atoms with E-state index < -0.39 is 10.0 Å². The molecule has 1 N–H and O–H groups in total. The highest BCUT2D eigenvalue weighted by Gasteiger charge is 2.17. The Morgan fingerprint density at radius 2 is 1.71 bits per heavy atom. The molecule has 24 heavy (non-hydrogen) atoms. The second-order valence-corrected chi connectivity index (χ2v) is 7.37. The van der Waals surface area contributed by atoms with Gasteiger partial charge in [-0.1, -0.05) is 48.0 Å². The number of hydrogen-bond acceptors (Lipinski definition) is 3. The van der Waals surface area contributed by atoms with Crippen LogP contribution in [0.4, 0.5) is 0 Å². The van der Waals surface area contributed by atoms with Crippen molar-refractivity contribution >= 4 is 21.6 Å². The summed E-state index contributed by atoms with van der Waals surface area (Å²) in [5.41, 5.74) is 1.90. The number of sulfonamides is 1. The standard InChI is InChI=1S/C17H16ClN3O2S/c18-16-8-3-4-9-17(16)24(22,23)20-12-14-6-1-2-7-15(14)13-21-11-5-10-19-21/h1-11,20H,12-13H2. The van der Waals surface area contributed by atoms with Crippen molar-refractivity contribution in [1.82, 2.24) is 14.5 Å². The second-order valence-electron chi connectivity index (χ2n) is 5.23. The largest absolute Gasteiger partial charge is 0.268 e. The fourth-order valence-corrected chi connectivity index (χ4v) is 3.89. The highest BCUT2D eigenvalue weighted by molar-refractivity contribution is 7.89. The van der Waals surface area contributed by atoms with E-state index in [-0.39, 0.29) is 16.5 Å². The molecule has 124 valence electrons. The van der Waals surface area contributed by atoms with Crippen LogP contribution in [-0.4, -0.2) is 18.2 Å². The molecule has 0 radical (unpaired) electrons. The highest BCUT2D eigenvalue weighted by atomic mass is 35.5. The van der Waals surface area contributed by atoms with E-state index in [1.165, 1.54) is 6.07 Å². The molecule has 0 unspecified atom stereocenters. The summed E-state index contributed by atoms with van der Waals surface area (Å²) in [4.78, 5) is 0.0798. The van der Waals surface area contributed by atoms with Gasteiger partial charge in [-0.05, 0) is 29.3 Å².